The molecule has 0 saturated carbocycles. The molecule has 4 nitrogen and oxygen atoms in total. The van der Waals surface area contributed by atoms with Crippen LogP contribution in [0, 0.1) is 5.92 Å². The molecule has 2 atom stereocenters. The zero-order valence-corrected chi connectivity index (χ0v) is 14.8. The predicted octanol–water partition coefficient (Wildman–Crippen LogP) is 3.53. The molecule has 0 radical (unpaired) electrons. The summed E-state index contributed by atoms with van der Waals surface area (Å²) in [6, 6.07) is 10.6. The first kappa shape index (κ1) is 16.0. The lowest BCUT2D eigenvalue weighted by molar-refractivity contribution is 0.277. The van der Waals surface area contributed by atoms with Crippen LogP contribution in [-0.2, 0) is 6.54 Å². The normalized spacial score (nSPS) is 21.0. The minimum absolute atomic E-state index is 0.0858. The van der Waals surface area contributed by atoms with Crippen LogP contribution in [0.3, 0.4) is 0 Å². The number of thiocarbonyl (C=S) groups is 1. The van der Waals surface area contributed by atoms with E-state index in [1.807, 2.05) is 18.3 Å². The van der Waals surface area contributed by atoms with Gasteiger partial charge in [-0.2, -0.15) is 0 Å². The van der Waals surface area contributed by atoms with E-state index in [0.717, 1.165) is 23.9 Å². The van der Waals surface area contributed by atoms with Gasteiger partial charge in [-0.05, 0) is 49.3 Å². The second kappa shape index (κ2) is 6.71. The lowest BCUT2D eigenvalue weighted by atomic mass is 10.0. The summed E-state index contributed by atoms with van der Waals surface area (Å²) in [6.07, 6.45) is 3.99. The number of nitrogens with one attached hydrogen (secondary N) is 1. The van der Waals surface area contributed by atoms with Gasteiger partial charge in [0.2, 0.25) is 0 Å². The highest BCUT2D eigenvalue weighted by molar-refractivity contribution is 7.80. The Balaban J connectivity index is 2.03. The van der Waals surface area contributed by atoms with Crippen molar-refractivity contribution in [2.24, 2.45) is 5.92 Å². The average Bonchev–Trinajstić information content (AvgIpc) is 3.12. The van der Waals surface area contributed by atoms with E-state index in [4.69, 9.17) is 12.2 Å². The van der Waals surface area contributed by atoms with Crippen LogP contribution in [0.1, 0.15) is 44.2 Å². The molecule has 1 N–H and O–H groups in total. The molecule has 0 aliphatic carbocycles. The van der Waals surface area contributed by atoms with E-state index in [-0.39, 0.29) is 12.1 Å². The Morgan fingerprint density at radius 1 is 1.26 bits per heavy atom. The molecule has 122 valence electrons. The van der Waals surface area contributed by atoms with Gasteiger partial charge in [-0.15, -0.1) is 0 Å². The fraction of sp³-hybridized carbons (Fsp3) is 0.444. The third kappa shape index (κ3) is 3.11. The molecule has 0 bridgehead atoms. The second-order valence-electron chi connectivity index (χ2n) is 6.39. The SMILES string of the molecule is CCn1cccc1[C@H]1[C@@H](c2ccccn2)NC(=S)N1CC(C)C. The minimum atomic E-state index is 0.0858. The summed E-state index contributed by atoms with van der Waals surface area (Å²) < 4.78 is 2.30. The smallest absolute Gasteiger partial charge is 0.170 e. The molecule has 1 aliphatic rings. The van der Waals surface area contributed by atoms with Gasteiger partial charge in [-0.3, -0.25) is 4.98 Å². The van der Waals surface area contributed by atoms with E-state index in [1.54, 1.807) is 0 Å². The number of hydrogen-bond acceptors (Lipinski definition) is 2. The van der Waals surface area contributed by atoms with Crippen molar-refractivity contribution in [1.82, 2.24) is 19.8 Å². The first-order valence-electron chi connectivity index (χ1n) is 8.25. The third-order valence-corrected chi connectivity index (χ3v) is 4.62. The van der Waals surface area contributed by atoms with Gasteiger partial charge >= 0.3 is 0 Å². The Labute approximate surface area is 143 Å². The van der Waals surface area contributed by atoms with Crippen LogP contribution < -0.4 is 5.32 Å². The molecule has 5 heteroatoms. The molecule has 3 heterocycles. The minimum Gasteiger partial charge on any atom is -0.352 e. The van der Waals surface area contributed by atoms with Crippen LogP contribution in [0.2, 0.25) is 0 Å². The van der Waals surface area contributed by atoms with Crippen LogP contribution in [-0.4, -0.2) is 26.1 Å². The molecule has 2 aromatic heterocycles. The summed E-state index contributed by atoms with van der Waals surface area (Å²) >= 11 is 5.64. The van der Waals surface area contributed by atoms with E-state index in [1.165, 1.54) is 5.69 Å². The van der Waals surface area contributed by atoms with Gasteiger partial charge < -0.3 is 14.8 Å². The van der Waals surface area contributed by atoms with E-state index < -0.39 is 0 Å². The number of nitrogens with zero attached hydrogens (tertiary/aromatic N) is 3. The number of rotatable bonds is 5. The van der Waals surface area contributed by atoms with Crippen molar-refractivity contribution >= 4 is 17.3 Å². The lowest BCUT2D eigenvalue weighted by Gasteiger charge is -2.30. The molecule has 0 aromatic carbocycles. The average molecular weight is 328 g/mol. The quantitative estimate of drug-likeness (QED) is 0.851. The Hall–Kier alpha value is -1.88. The van der Waals surface area contributed by atoms with Crippen LogP contribution in [0.15, 0.2) is 42.7 Å². The van der Waals surface area contributed by atoms with Crippen molar-refractivity contribution in [3.63, 3.8) is 0 Å². The molecule has 1 saturated heterocycles. The lowest BCUT2D eigenvalue weighted by Crippen LogP contribution is -2.33. The van der Waals surface area contributed by atoms with Gasteiger partial charge in [0, 0.05) is 31.2 Å². The summed E-state index contributed by atoms with van der Waals surface area (Å²) in [5, 5.41) is 4.32. The molecule has 23 heavy (non-hydrogen) atoms. The molecular weight excluding hydrogens is 304 g/mol. The second-order valence-corrected chi connectivity index (χ2v) is 6.78. The Bertz CT molecular complexity index is 665. The zero-order valence-electron chi connectivity index (χ0n) is 13.9. The molecule has 0 spiro atoms. The molecule has 3 rings (SSSR count). The number of aryl methyl sites for hydroxylation is 1. The Kier molecular flexibility index (Phi) is 4.66. The van der Waals surface area contributed by atoms with Crippen molar-refractivity contribution in [3.8, 4) is 0 Å². The highest BCUT2D eigenvalue weighted by atomic mass is 32.1. The maximum atomic E-state index is 5.64. The topological polar surface area (TPSA) is 33.1 Å². The fourth-order valence-corrected chi connectivity index (χ4v) is 3.62. The van der Waals surface area contributed by atoms with Crippen LogP contribution in [0.4, 0.5) is 0 Å². The summed E-state index contributed by atoms with van der Waals surface area (Å²) in [5.74, 6) is 0.546. The number of aromatic nitrogens is 2. The van der Waals surface area contributed by atoms with E-state index >= 15 is 0 Å². The fourth-order valence-electron chi connectivity index (χ4n) is 3.30. The van der Waals surface area contributed by atoms with E-state index in [9.17, 15) is 0 Å². The molecule has 1 fully saturated rings. The first-order chi connectivity index (χ1) is 11.1. The summed E-state index contributed by atoms with van der Waals surface area (Å²) in [6.45, 7) is 8.52. The summed E-state index contributed by atoms with van der Waals surface area (Å²) in [5.41, 5.74) is 2.33. The monoisotopic (exact) mass is 328 g/mol. The van der Waals surface area contributed by atoms with Gasteiger partial charge in [0.1, 0.15) is 0 Å². The van der Waals surface area contributed by atoms with Crippen LogP contribution in [0.25, 0.3) is 0 Å². The Morgan fingerprint density at radius 3 is 2.74 bits per heavy atom. The van der Waals surface area contributed by atoms with Crippen molar-refractivity contribution in [3.05, 3.63) is 54.1 Å². The van der Waals surface area contributed by atoms with Gasteiger partial charge in [0.15, 0.2) is 5.11 Å². The number of hydrogen-bond donors (Lipinski definition) is 1. The summed E-state index contributed by atoms with van der Waals surface area (Å²) in [4.78, 5) is 6.89. The molecule has 2 aromatic rings. The van der Waals surface area contributed by atoms with Crippen LogP contribution >= 0.6 is 12.2 Å². The van der Waals surface area contributed by atoms with Crippen molar-refractivity contribution < 1.29 is 0 Å². The highest BCUT2D eigenvalue weighted by Gasteiger charge is 2.40. The van der Waals surface area contributed by atoms with Gasteiger partial charge in [0.05, 0.1) is 17.8 Å². The van der Waals surface area contributed by atoms with Crippen molar-refractivity contribution in [2.45, 2.75) is 39.4 Å². The standard InChI is InChI=1S/C18H24N4S/c1-4-21-11-7-9-15(21)17-16(14-8-5-6-10-19-14)20-18(23)22(17)12-13(2)3/h5-11,13,16-17H,4,12H2,1-3H3,(H,20,23)/t16-,17+/m1/s1. The molecular formula is C18H24N4S. The van der Waals surface area contributed by atoms with Crippen molar-refractivity contribution in [2.75, 3.05) is 6.54 Å². The van der Waals surface area contributed by atoms with E-state index in [2.05, 4.69) is 64.9 Å². The molecule has 0 amide bonds. The largest absolute Gasteiger partial charge is 0.352 e. The zero-order chi connectivity index (χ0) is 16.4. The summed E-state index contributed by atoms with van der Waals surface area (Å²) in [7, 11) is 0. The van der Waals surface area contributed by atoms with Gasteiger partial charge in [-0.1, -0.05) is 19.9 Å². The first-order valence-corrected chi connectivity index (χ1v) is 8.65. The third-order valence-electron chi connectivity index (χ3n) is 4.27. The number of pyridine rings is 1. The van der Waals surface area contributed by atoms with Crippen LogP contribution in [0.5, 0.6) is 0 Å². The Morgan fingerprint density at radius 2 is 2.09 bits per heavy atom. The van der Waals surface area contributed by atoms with E-state index in [0.29, 0.717) is 5.92 Å². The molecule has 1 aliphatic heterocycles. The maximum Gasteiger partial charge on any atom is 0.170 e. The predicted molar refractivity (Wildman–Crippen MR) is 97.1 cm³/mol. The van der Waals surface area contributed by atoms with Crippen molar-refractivity contribution in [1.29, 1.82) is 0 Å². The molecule has 0 unspecified atom stereocenters. The maximum absolute atomic E-state index is 5.64. The highest BCUT2D eigenvalue weighted by Crippen LogP contribution is 2.38. The van der Waals surface area contributed by atoms with Gasteiger partial charge in [0.25, 0.3) is 0 Å². The van der Waals surface area contributed by atoms with Gasteiger partial charge in [-0.25, -0.2) is 0 Å².